The van der Waals surface area contributed by atoms with Gasteiger partial charge < -0.3 is 10.6 Å². The zero-order valence-corrected chi connectivity index (χ0v) is 10.6. The lowest BCUT2D eigenvalue weighted by Gasteiger charge is -2.05. The molecular formula is C11H14BrFN2O. The van der Waals surface area contributed by atoms with E-state index in [1.54, 1.807) is 12.1 Å². The van der Waals surface area contributed by atoms with Gasteiger partial charge in [-0.3, -0.25) is 4.79 Å². The van der Waals surface area contributed by atoms with Crippen molar-refractivity contribution < 1.29 is 9.18 Å². The number of hydrogen-bond acceptors (Lipinski definition) is 2. The molecule has 88 valence electrons. The minimum absolute atomic E-state index is 0.0555. The van der Waals surface area contributed by atoms with E-state index < -0.39 is 0 Å². The Morgan fingerprint density at radius 3 is 2.88 bits per heavy atom. The molecule has 0 unspecified atom stereocenters. The molecule has 0 atom stereocenters. The second-order valence-corrected chi connectivity index (χ2v) is 4.16. The number of halogens is 2. The molecule has 5 heteroatoms. The summed E-state index contributed by atoms with van der Waals surface area (Å²) in [5.74, 6) is -0.350. The lowest BCUT2D eigenvalue weighted by molar-refractivity contribution is -0.120. The Hall–Kier alpha value is -0.940. The molecule has 16 heavy (non-hydrogen) atoms. The van der Waals surface area contributed by atoms with Crippen LogP contribution >= 0.6 is 15.9 Å². The maximum atomic E-state index is 13.1. The Morgan fingerprint density at radius 1 is 1.50 bits per heavy atom. The van der Waals surface area contributed by atoms with Crippen molar-refractivity contribution in [3.8, 4) is 0 Å². The Labute approximate surface area is 103 Å². The van der Waals surface area contributed by atoms with E-state index in [0.29, 0.717) is 17.6 Å². The van der Waals surface area contributed by atoms with Crippen LogP contribution in [0.5, 0.6) is 0 Å². The highest BCUT2D eigenvalue weighted by atomic mass is 79.9. The van der Waals surface area contributed by atoms with Gasteiger partial charge in [0.15, 0.2) is 0 Å². The number of nitrogens with one attached hydrogen (secondary N) is 2. The molecule has 0 spiro atoms. The molecule has 0 fully saturated rings. The summed E-state index contributed by atoms with van der Waals surface area (Å²) in [6.45, 7) is 3.20. The summed E-state index contributed by atoms with van der Waals surface area (Å²) in [4.78, 5) is 11.1. The largest absolute Gasteiger partial charge is 0.355 e. The van der Waals surface area contributed by atoms with Gasteiger partial charge in [-0.2, -0.15) is 0 Å². The minimum atomic E-state index is -0.294. The molecular weight excluding hydrogens is 275 g/mol. The van der Waals surface area contributed by atoms with E-state index in [-0.39, 0.29) is 18.3 Å². The lowest BCUT2D eigenvalue weighted by atomic mass is 10.2. The average Bonchev–Trinajstić information content (AvgIpc) is 2.24. The van der Waals surface area contributed by atoms with Crippen LogP contribution in [-0.2, 0) is 11.3 Å². The van der Waals surface area contributed by atoms with Crippen molar-refractivity contribution in [2.45, 2.75) is 13.5 Å². The Morgan fingerprint density at radius 2 is 2.25 bits per heavy atom. The number of carbonyl (C=O) groups excluding carboxylic acids is 1. The van der Waals surface area contributed by atoms with E-state index in [4.69, 9.17) is 0 Å². The first kappa shape index (κ1) is 13.1. The van der Waals surface area contributed by atoms with Crippen molar-refractivity contribution in [1.82, 2.24) is 10.6 Å². The van der Waals surface area contributed by atoms with Crippen LogP contribution in [0.25, 0.3) is 0 Å². The summed E-state index contributed by atoms with van der Waals surface area (Å²) in [6, 6.07) is 4.89. The number of amides is 1. The summed E-state index contributed by atoms with van der Waals surface area (Å²) >= 11 is 3.08. The monoisotopic (exact) mass is 288 g/mol. The summed E-state index contributed by atoms with van der Waals surface area (Å²) in [5.41, 5.74) is 0.810. The van der Waals surface area contributed by atoms with Crippen LogP contribution in [0, 0.1) is 5.82 Å². The van der Waals surface area contributed by atoms with Gasteiger partial charge in [0.1, 0.15) is 5.82 Å². The molecule has 0 aliphatic heterocycles. The van der Waals surface area contributed by atoms with Crippen molar-refractivity contribution in [3.05, 3.63) is 34.1 Å². The van der Waals surface area contributed by atoms with Crippen LogP contribution in [0.2, 0.25) is 0 Å². The van der Waals surface area contributed by atoms with Crippen LogP contribution in [0.4, 0.5) is 4.39 Å². The fraction of sp³-hybridized carbons (Fsp3) is 0.364. The molecule has 0 bridgehead atoms. The van der Waals surface area contributed by atoms with Gasteiger partial charge in [0.2, 0.25) is 5.91 Å². The van der Waals surface area contributed by atoms with Gasteiger partial charge in [-0.1, -0.05) is 6.07 Å². The van der Waals surface area contributed by atoms with Gasteiger partial charge in [0, 0.05) is 13.1 Å². The summed E-state index contributed by atoms with van der Waals surface area (Å²) < 4.78 is 13.6. The van der Waals surface area contributed by atoms with Crippen molar-refractivity contribution >= 4 is 21.8 Å². The summed E-state index contributed by atoms with van der Waals surface area (Å²) in [7, 11) is 0. The van der Waals surface area contributed by atoms with Gasteiger partial charge in [0.05, 0.1) is 11.0 Å². The van der Waals surface area contributed by atoms with E-state index in [9.17, 15) is 9.18 Å². The molecule has 1 aromatic rings. The van der Waals surface area contributed by atoms with E-state index in [1.165, 1.54) is 6.07 Å². The number of hydrogen-bond donors (Lipinski definition) is 2. The molecule has 0 aromatic heterocycles. The van der Waals surface area contributed by atoms with Crippen LogP contribution in [-0.4, -0.2) is 19.0 Å². The highest BCUT2D eigenvalue weighted by Crippen LogP contribution is 2.16. The number of carbonyl (C=O) groups is 1. The van der Waals surface area contributed by atoms with Crippen molar-refractivity contribution in [1.29, 1.82) is 0 Å². The maximum absolute atomic E-state index is 13.1. The number of benzene rings is 1. The Bertz CT molecular complexity index is 371. The number of rotatable bonds is 5. The normalized spacial score (nSPS) is 10.2. The first-order valence-corrected chi connectivity index (χ1v) is 5.84. The SMILES string of the molecule is CCNC(=O)CNCc1ccc(Br)c(F)c1. The molecule has 3 nitrogen and oxygen atoms in total. The Balaban J connectivity index is 2.37. The fourth-order valence-electron chi connectivity index (χ4n) is 1.23. The summed E-state index contributed by atoms with van der Waals surface area (Å²) in [6.07, 6.45) is 0. The van der Waals surface area contributed by atoms with Crippen molar-refractivity contribution in [2.24, 2.45) is 0 Å². The smallest absolute Gasteiger partial charge is 0.233 e. The van der Waals surface area contributed by atoms with Crippen LogP contribution in [0.15, 0.2) is 22.7 Å². The maximum Gasteiger partial charge on any atom is 0.233 e. The molecule has 2 N–H and O–H groups in total. The van der Waals surface area contributed by atoms with E-state index in [0.717, 1.165) is 5.56 Å². The van der Waals surface area contributed by atoms with Crippen LogP contribution in [0.3, 0.4) is 0 Å². The van der Waals surface area contributed by atoms with Crippen molar-refractivity contribution in [2.75, 3.05) is 13.1 Å². The van der Waals surface area contributed by atoms with Gasteiger partial charge in [-0.15, -0.1) is 0 Å². The molecule has 1 aromatic carbocycles. The highest BCUT2D eigenvalue weighted by molar-refractivity contribution is 9.10. The second-order valence-electron chi connectivity index (χ2n) is 3.31. The quantitative estimate of drug-likeness (QED) is 0.868. The van der Waals surface area contributed by atoms with E-state index >= 15 is 0 Å². The molecule has 0 aliphatic carbocycles. The predicted octanol–water partition coefficient (Wildman–Crippen LogP) is 1.81. The zero-order chi connectivity index (χ0) is 12.0. The first-order valence-electron chi connectivity index (χ1n) is 5.04. The lowest BCUT2D eigenvalue weighted by Crippen LogP contribution is -2.33. The molecule has 0 saturated heterocycles. The van der Waals surface area contributed by atoms with Gasteiger partial charge in [0.25, 0.3) is 0 Å². The topological polar surface area (TPSA) is 41.1 Å². The van der Waals surface area contributed by atoms with Crippen LogP contribution in [0.1, 0.15) is 12.5 Å². The molecule has 1 rings (SSSR count). The molecule has 0 saturated carbocycles. The predicted molar refractivity (Wildman–Crippen MR) is 64.5 cm³/mol. The molecule has 0 aliphatic rings. The third kappa shape index (κ3) is 4.28. The van der Waals surface area contributed by atoms with Gasteiger partial charge in [-0.05, 0) is 40.5 Å². The first-order chi connectivity index (χ1) is 7.63. The van der Waals surface area contributed by atoms with E-state index in [1.807, 2.05) is 6.92 Å². The molecule has 0 radical (unpaired) electrons. The van der Waals surface area contributed by atoms with Gasteiger partial charge in [-0.25, -0.2) is 4.39 Å². The molecule has 0 heterocycles. The molecule has 1 amide bonds. The van der Waals surface area contributed by atoms with Gasteiger partial charge >= 0.3 is 0 Å². The highest BCUT2D eigenvalue weighted by Gasteiger charge is 2.02. The van der Waals surface area contributed by atoms with Crippen LogP contribution < -0.4 is 10.6 Å². The fourth-order valence-corrected chi connectivity index (χ4v) is 1.48. The number of likely N-dealkylation sites (N-methyl/N-ethyl adjacent to an activating group) is 1. The standard InChI is InChI=1S/C11H14BrFN2O/c1-2-15-11(16)7-14-6-8-3-4-9(12)10(13)5-8/h3-5,14H,2,6-7H2,1H3,(H,15,16). The van der Waals surface area contributed by atoms with Crippen molar-refractivity contribution in [3.63, 3.8) is 0 Å². The Kier molecular flexibility index (Phi) is 5.42. The third-order valence-corrected chi connectivity index (χ3v) is 2.62. The second kappa shape index (κ2) is 6.60. The summed E-state index contributed by atoms with van der Waals surface area (Å²) in [5, 5.41) is 5.61. The average molecular weight is 289 g/mol. The van der Waals surface area contributed by atoms with E-state index in [2.05, 4.69) is 26.6 Å². The minimum Gasteiger partial charge on any atom is -0.355 e. The third-order valence-electron chi connectivity index (χ3n) is 1.97. The zero-order valence-electron chi connectivity index (χ0n) is 9.02.